The van der Waals surface area contributed by atoms with E-state index in [-0.39, 0.29) is 12.4 Å². The Morgan fingerprint density at radius 1 is 1.08 bits per heavy atom. The third-order valence-electron chi connectivity index (χ3n) is 6.45. The molecule has 2 bridgehead atoms. The zero-order chi connectivity index (χ0) is 15.6. The molecular weight excluding hydrogens is 322 g/mol. The number of benzene rings is 1. The molecular formula is C20H30ClNO2. The lowest BCUT2D eigenvalue weighted by molar-refractivity contribution is 0.146. The molecule has 0 aromatic heterocycles. The highest BCUT2D eigenvalue weighted by Gasteiger charge is 2.53. The minimum atomic E-state index is 0. The second kappa shape index (κ2) is 8.07. The molecule has 3 saturated carbocycles. The Bertz CT molecular complexity index is 538. The fourth-order valence-electron chi connectivity index (χ4n) is 5.54. The summed E-state index contributed by atoms with van der Waals surface area (Å²) in [5.41, 5.74) is 1.32. The van der Waals surface area contributed by atoms with Crippen LogP contribution in [0.5, 0.6) is 5.75 Å². The molecule has 3 nitrogen and oxygen atoms in total. The number of halogens is 1. The lowest BCUT2D eigenvalue weighted by Crippen LogP contribution is -2.38. The van der Waals surface area contributed by atoms with Gasteiger partial charge in [-0.05, 0) is 67.1 Å². The van der Waals surface area contributed by atoms with E-state index in [1.54, 1.807) is 7.11 Å². The van der Waals surface area contributed by atoms with Gasteiger partial charge in [0.05, 0.1) is 6.61 Å². The van der Waals surface area contributed by atoms with Gasteiger partial charge < -0.3 is 14.8 Å². The van der Waals surface area contributed by atoms with E-state index in [9.17, 15) is 0 Å². The molecule has 5 atom stereocenters. The first-order valence-electron chi connectivity index (χ1n) is 9.29. The second-order valence-corrected chi connectivity index (χ2v) is 7.63. The van der Waals surface area contributed by atoms with Gasteiger partial charge in [-0.2, -0.15) is 0 Å². The normalized spacial score (nSPS) is 33.3. The second-order valence-electron chi connectivity index (χ2n) is 7.63. The molecule has 1 N–H and O–H groups in total. The van der Waals surface area contributed by atoms with Crippen LogP contribution in [0.2, 0.25) is 0 Å². The third-order valence-corrected chi connectivity index (χ3v) is 6.45. The summed E-state index contributed by atoms with van der Waals surface area (Å²) >= 11 is 0. The number of hydrogen-bond donors (Lipinski definition) is 1. The van der Waals surface area contributed by atoms with E-state index in [1.807, 2.05) is 6.07 Å². The number of nitrogens with one attached hydrogen (secondary N) is 1. The predicted molar refractivity (Wildman–Crippen MR) is 98.7 cm³/mol. The lowest BCUT2D eigenvalue weighted by Gasteiger charge is -2.32. The van der Waals surface area contributed by atoms with Gasteiger partial charge in [-0.15, -0.1) is 12.4 Å². The number of methoxy groups -OCH3 is 1. The number of hydrogen-bond acceptors (Lipinski definition) is 3. The molecule has 1 aromatic carbocycles. The third kappa shape index (κ3) is 3.58. The molecule has 24 heavy (non-hydrogen) atoms. The van der Waals surface area contributed by atoms with E-state index < -0.39 is 0 Å². The fraction of sp³-hybridized carbons (Fsp3) is 0.700. The van der Waals surface area contributed by atoms with Crippen LogP contribution in [0.3, 0.4) is 0 Å². The molecule has 0 saturated heterocycles. The van der Waals surface area contributed by atoms with Crippen molar-refractivity contribution in [1.29, 1.82) is 0 Å². The van der Waals surface area contributed by atoms with Crippen molar-refractivity contribution in [1.82, 2.24) is 5.32 Å². The molecule has 3 aliphatic carbocycles. The van der Waals surface area contributed by atoms with Crippen molar-refractivity contribution in [3.8, 4) is 5.75 Å². The molecule has 134 valence electrons. The van der Waals surface area contributed by atoms with Crippen LogP contribution in [0.4, 0.5) is 0 Å². The topological polar surface area (TPSA) is 30.5 Å². The van der Waals surface area contributed by atoms with Crippen molar-refractivity contribution in [2.45, 2.75) is 44.7 Å². The Labute approximate surface area is 151 Å². The molecule has 0 unspecified atom stereocenters. The first-order chi connectivity index (χ1) is 11.3. The zero-order valence-electron chi connectivity index (χ0n) is 14.6. The Balaban J connectivity index is 0.00000169. The van der Waals surface area contributed by atoms with Gasteiger partial charge in [-0.3, -0.25) is 0 Å². The average molecular weight is 352 g/mol. The molecule has 0 heterocycles. The van der Waals surface area contributed by atoms with Gasteiger partial charge in [0.25, 0.3) is 0 Å². The van der Waals surface area contributed by atoms with Crippen molar-refractivity contribution in [3.05, 3.63) is 29.8 Å². The Morgan fingerprint density at radius 3 is 2.83 bits per heavy atom. The Morgan fingerprint density at radius 2 is 1.96 bits per heavy atom. The molecule has 0 spiro atoms. The molecule has 0 aliphatic heterocycles. The number of fused-ring (bicyclic) bond motifs is 5. The van der Waals surface area contributed by atoms with Gasteiger partial charge in [0.2, 0.25) is 0 Å². The SMILES string of the molecule is COCCOc1cccc(CN[C@@H]2C[C@@H]3C[C@H]2[C@@H]2CCC[C@H]32)c1.Cl. The summed E-state index contributed by atoms with van der Waals surface area (Å²) in [6.45, 7) is 2.21. The maximum atomic E-state index is 5.71. The highest BCUT2D eigenvalue weighted by Crippen LogP contribution is 2.58. The van der Waals surface area contributed by atoms with E-state index >= 15 is 0 Å². The summed E-state index contributed by atoms with van der Waals surface area (Å²) in [6, 6.07) is 9.22. The molecule has 0 amide bonds. The summed E-state index contributed by atoms with van der Waals surface area (Å²) in [5.74, 6) is 5.04. The summed E-state index contributed by atoms with van der Waals surface area (Å²) in [5, 5.41) is 3.86. The summed E-state index contributed by atoms with van der Waals surface area (Å²) < 4.78 is 10.7. The molecule has 4 heteroatoms. The van der Waals surface area contributed by atoms with Crippen molar-refractivity contribution in [2.75, 3.05) is 20.3 Å². The van der Waals surface area contributed by atoms with Crippen LogP contribution >= 0.6 is 12.4 Å². The summed E-state index contributed by atoms with van der Waals surface area (Å²) in [6.07, 6.45) is 7.39. The van der Waals surface area contributed by atoms with E-state index in [1.165, 1.54) is 37.7 Å². The molecule has 4 rings (SSSR count). The van der Waals surface area contributed by atoms with Crippen molar-refractivity contribution >= 4 is 12.4 Å². The Kier molecular flexibility index (Phi) is 6.07. The van der Waals surface area contributed by atoms with Gasteiger partial charge in [-0.25, -0.2) is 0 Å². The lowest BCUT2D eigenvalue weighted by atomic mass is 9.79. The van der Waals surface area contributed by atoms with Crippen LogP contribution in [-0.2, 0) is 11.3 Å². The van der Waals surface area contributed by atoms with Crippen LogP contribution in [0.1, 0.15) is 37.7 Å². The van der Waals surface area contributed by atoms with E-state index in [2.05, 4.69) is 23.5 Å². The van der Waals surface area contributed by atoms with Crippen LogP contribution < -0.4 is 10.1 Å². The number of ether oxygens (including phenoxy) is 2. The smallest absolute Gasteiger partial charge is 0.119 e. The number of rotatable bonds is 7. The standard InChI is InChI=1S/C20H29NO2.ClH/c1-22-8-9-23-16-5-2-4-14(10-16)13-21-20-12-15-11-19(20)18-7-3-6-17(15)18;/h2,4-5,10,15,17-21H,3,6-9,11-13H2,1H3;1H/t15-,17+,18+,19-,20+;/m0./s1. The molecule has 3 aliphatic rings. The minimum absolute atomic E-state index is 0. The van der Waals surface area contributed by atoms with Crippen LogP contribution in [0, 0.1) is 23.7 Å². The quantitative estimate of drug-likeness (QED) is 0.752. The van der Waals surface area contributed by atoms with Crippen molar-refractivity contribution in [3.63, 3.8) is 0 Å². The average Bonchev–Trinajstić information content (AvgIpc) is 3.26. The highest BCUT2D eigenvalue weighted by atomic mass is 35.5. The summed E-state index contributed by atoms with van der Waals surface area (Å²) in [4.78, 5) is 0. The molecule has 3 fully saturated rings. The first kappa shape index (κ1) is 18.0. The van der Waals surface area contributed by atoms with Gasteiger partial charge in [0.15, 0.2) is 0 Å². The van der Waals surface area contributed by atoms with Gasteiger partial charge in [0.1, 0.15) is 12.4 Å². The van der Waals surface area contributed by atoms with E-state index in [0.717, 1.165) is 42.0 Å². The maximum Gasteiger partial charge on any atom is 0.119 e. The molecule has 1 aromatic rings. The van der Waals surface area contributed by atoms with E-state index in [4.69, 9.17) is 9.47 Å². The molecule has 0 radical (unpaired) electrons. The fourth-order valence-corrected chi connectivity index (χ4v) is 5.54. The van der Waals surface area contributed by atoms with Crippen molar-refractivity contribution < 1.29 is 9.47 Å². The van der Waals surface area contributed by atoms with E-state index in [0.29, 0.717) is 13.2 Å². The highest BCUT2D eigenvalue weighted by molar-refractivity contribution is 5.85. The monoisotopic (exact) mass is 351 g/mol. The Hall–Kier alpha value is -0.770. The zero-order valence-corrected chi connectivity index (χ0v) is 15.4. The van der Waals surface area contributed by atoms with Gasteiger partial charge in [-0.1, -0.05) is 18.6 Å². The van der Waals surface area contributed by atoms with Gasteiger partial charge in [0, 0.05) is 19.7 Å². The maximum absolute atomic E-state index is 5.71. The van der Waals surface area contributed by atoms with Crippen molar-refractivity contribution in [2.24, 2.45) is 23.7 Å². The minimum Gasteiger partial charge on any atom is -0.491 e. The van der Waals surface area contributed by atoms with Crippen LogP contribution in [0.25, 0.3) is 0 Å². The first-order valence-corrected chi connectivity index (χ1v) is 9.29. The largest absolute Gasteiger partial charge is 0.491 e. The predicted octanol–water partition coefficient (Wildman–Crippen LogP) is 4.05. The van der Waals surface area contributed by atoms with Gasteiger partial charge >= 0.3 is 0 Å². The summed E-state index contributed by atoms with van der Waals surface area (Å²) in [7, 11) is 1.70. The van der Waals surface area contributed by atoms with Crippen LogP contribution in [-0.4, -0.2) is 26.4 Å². The van der Waals surface area contributed by atoms with Crippen LogP contribution in [0.15, 0.2) is 24.3 Å².